The fourth-order valence-electron chi connectivity index (χ4n) is 5.23. The van der Waals surface area contributed by atoms with Gasteiger partial charge in [-0.15, -0.1) is 10.2 Å². The van der Waals surface area contributed by atoms with Gasteiger partial charge in [0.05, 0.1) is 40.9 Å². The first kappa shape index (κ1) is 35.0. The fourth-order valence-corrected chi connectivity index (χ4v) is 5.23. The summed E-state index contributed by atoms with van der Waals surface area (Å²) in [5.74, 6) is 0.816. The molecule has 0 aliphatic rings. The van der Waals surface area contributed by atoms with E-state index < -0.39 is 23.2 Å². The molecule has 0 spiro atoms. The molecule has 0 saturated carbocycles. The molecule has 5 rings (SSSR count). The molecule has 16 heteroatoms. The molecule has 5 aromatic rings. The van der Waals surface area contributed by atoms with Gasteiger partial charge in [0.1, 0.15) is 11.3 Å². The summed E-state index contributed by atoms with van der Waals surface area (Å²) in [5.41, 5.74) is -0.0353. The van der Waals surface area contributed by atoms with Crippen molar-refractivity contribution in [3.63, 3.8) is 0 Å². The largest absolute Gasteiger partial charge is 0.493 e. The third-order valence-corrected chi connectivity index (χ3v) is 7.32. The molecule has 0 bridgehead atoms. The number of pyridine rings is 1. The zero-order chi connectivity index (χ0) is 36.2. The van der Waals surface area contributed by atoms with E-state index in [2.05, 4.69) is 25.9 Å². The van der Waals surface area contributed by atoms with Crippen LogP contribution in [0.2, 0.25) is 0 Å². The van der Waals surface area contributed by atoms with E-state index in [0.29, 0.717) is 33.9 Å². The molecule has 262 valence electrons. The smallest absolute Gasteiger partial charge is 0.412 e. The first-order chi connectivity index (χ1) is 23.9. The first-order valence-electron chi connectivity index (χ1n) is 15.1. The molecule has 16 nitrogen and oxygen atoms in total. The van der Waals surface area contributed by atoms with E-state index in [1.807, 2.05) is 0 Å². The Morgan fingerprint density at radius 1 is 0.840 bits per heavy atom. The SMILES string of the molecule is COC(=O)c1c(-c2cc(OC)c(OC)c(OC)c2)c2cc(OC)c(OCc3nn[nH]n3)cc2c(=O)n1-c1ccc(NC(=O)OC(C)(C)C)cc1. The number of amides is 1. The molecule has 2 N–H and O–H groups in total. The Bertz CT molecular complexity index is 2060. The maximum absolute atomic E-state index is 14.6. The van der Waals surface area contributed by atoms with Crippen LogP contribution in [0.1, 0.15) is 37.1 Å². The highest BCUT2D eigenvalue weighted by Gasteiger charge is 2.28. The summed E-state index contributed by atoms with van der Waals surface area (Å²) in [4.78, 5) is 40.8. The number of rotatable bonds is 11. The van der Waals surface area contributed by atoms with Crippen LogP contribution in [0.15, 0.2) is 53.3 Å². The van der Waals surface area contributed by atoms with Gasteiger partial charge >= 0.3 is 12.1 Å². The van der Waals surface area contributed by atoms with Crippen LogP contribution < -0.4 is 34.6 Å². The van der Waals surface area contributed by atoms with Crippen LogP contribution in [-0.4, -0.2) is 78.4 Å². The number of ether oxygens (including phenoxy) is 7. The van der Waals surface area contributed by atoms with Gasteiger partial charge in [0.25, 0.3) is 5.56 Å². The summed E-state index contributed by atoms with van der Waals surface area (Å²) in [5, 5.41) is 16.9. The number of H-pyrrole nitrogens is 1. The first-order valence-corrected chi connectivity index (χ1v) is 15.1. The van der Waals surface area contributed by atoms with Crippen LogP contribution in [0, 0.1) is 0 Å². The van der Waals surface area contributed by atoms with Gasteiger partial charge in [-0.3, -0.25) is 14.7 Å². The lowest BCUT2D eigenvalue weighted by atomic mass is 9.95. The highest BCUT2D eigenvalue weighted by molar-refractivity contribution is 6.08. The van der Waals surface area contributed by atoms with Crippen molar-refractivity contribution >= 4 is 28.5 Å². The minimum absolute atomic E-state index is 0.0847. The molecular formula is C34H36N6O10. The molecule has 0 aliphatic carbocycles. The standard InChI is InChI=1S/C34H36N6O10/c1-34(2,3)50-33(43)35-19-9-11-20(12-10-19)40-29(32(42)48-8)28(18-13-25(45-5)30(47-7)26(14-18)46-6)21-15-23(44-4)24(16-22(21)31(40)41)49-17-27-36-38-39-37-27/h9-16H,17H2,1-8H3,(H,35,43)(H,36,37,38,39). The maximum atomic E-state index is 14.6. The van der Waals surface area contributed by atoms with Gasteiger partial charge in [0, 0.05) is 22.3 Å². The van der Waals surface area contributed by atoms with Crippen LogP contribution in [0.4, 0.5) is 10.5 Å². The van der Waals surface area contributed by atoms with Gasteiger partial charge in [0.2, 0.25) is 11.6 Å². The molecule has 0 fully saturated rings. The molecule has 2 heterocycles. The number of nitrogens with one attached hydrogen (secondary N) is 2. The number of nitrogens with zero attached hydrogens (tertiary/aromatic N) is 4. The van der Waals surface area contributed by atoms with Crippen molar-refractivity contribution < 1.29 is 42.7 Å². The predicted molar refractivity (Wildman–Crippen MR) is 181 cm³/mol. The molecule has 1 amide bonds. The number of aromatic nitrogens is 5. The topological polar surface area (TPSA) is 187 Å². The number of aromatic amines is 1. The normalized spacial score (nSPS) is 11.1. The molecule has 0 atom stereocenters. The van der Waals surface area contributed by atoms with E-state index in [1.54, 1.807) is 63.2 Å². The van der Waals surface area contributed by atoms with Crippen molar-refractivity contribution in [2.75, 3.05) is 40.9 Å². The zero-order valence-corrected chi connectivity index (χ0v) is 28.7. The van der Waals surface area contributed by atoms with Crippen molar-refractivity contribution in [1.29, 1.82) is 0 Å². The van der Waals surface area contributed by atoms with Gasteiger partial charge in [-0.25, -0.2) is 9.59 Å². The highest BCUT2D eigenvalue weighted by atomic mass is 16.6. The van der Waals surface area contributed by atoms with E-state index in [9.17, 15) is 14.4 Å². The number of hydrogen-bond donors (Lipinski definition) is 2. The number of anilines is 1. The fraction of sp³-hybridized carbons (Fsp3) is 0.294. The Balaban J connectivity index is 1.82. The number of benzene rings is 3. The van der Waals surface area contributed by atoms with E-state index in [1.165, 1.54) is 46.2 Å². The second kappa shape index (κ2) is 14.4. The van der Waals surface area contributed by atoms with Gasteiger partial charge < -0.3 is 33.2 Å². The van der Waals surface area contributed by atoms with Crippen LogP contribution in [0.25, 0.3) is 27.6 Å². The lowest BCUT2D eigenvalue weighted by Gasteiger charge is -2.22. The minimum atomic E-state index is -0.819. The summed E-state index contributed by atoms with van der Waals surface area (Å²) in [6.45, 7) is 5.16. The molecule has 2 aromatic heterocycles. The predicted octanol–water partition coefficient (Wildman–Crippen LogP) is 4.92. The summed E-state index contributed by atoms with van der Waals surface area (Å²) in [7, 11) is 7.05. The Hall–Kier alpha value is -6.32. The summed E-state index contributed by atoms with van der Waals surface area (Å²) >= 11 is 0. The van der Waals surface area contributed by atoms with Crippen LogP contribution in [0.3, 0.4) is 0 Å². The van der Waals surface area contributed by atoms with Gasteiger partial charge in [-0.1, -0.05) is 5.21 Å². The Morgan fingerprint density at radius 3 is 2.02 bits per heavy atom. The zero-order valence-electron chi connectivity index (χ0n) is 28.7. The molecule has 0 aliphatic heterocycles. The van der Waals surface area contributed by atoms with Crippen molar-refractivity contribution in [2.24, 2.45) is 0 Å². The molecule has 0 radical (unpaired) electrons. The van der Waals surface area contributed by atoms with Gasteiger partial charge in [-0.05, 0) is 74.9 Å². The molecule has 3 aromatic carbocycles. The maximum Gasteiger partial charge on any atom is 0.412 e. The Kier molecular flexibility index (Phi) is 10.1. The van der Waals surface area contributed by atoms with Crippen LogP contribution in [-0.2, 0) is 16.1 Å². The number of fused-ring (bicyclic) bond motifs is 1. The average Bonchev–Trinajstić information content (AvgIpc) is 3.62. The van der Waals surface area contributed by atoms with Crippen molar-refractivity contribution in [3.05, 3.63) is 70.4 Å². The second-order valence-corrected chi connectivity index (χ2v) is 11.6. The van der Waals surface area contributed by atoms with Crippen molar-refractivity contribution in [3.8, 4) is 45.6 Å². The molecule has 50 heavy (non-hydrogen) atoms. The van der Waals surface area contributed by atoms with E-state index in [-0.39, 0.29) is 46.3 Å². The number of carbonyl (C=O) groups is 2. The van der Waals surface area contributed by atoms with Crippen molar-refractivity contribution in [1.82, 2.24) is 25.2 Å². The molecule has 0 saturated heterocycles. The van der Waals surface area contributed by atoms with Gasteiger partial charge in [-0.2, -0.15) is 5.21 Å². The minimum Gasteiger partial charge on any atom is -0.493 e. The average molecular weight is 689 g/mol. The third-order valence-electron chi connectivity index (χ3n) is 7.32. The monoisotopic (exact) mass is 688 g/mol. The number of esters is 1. The summed E-state index contributed by atoms with van der Waals surface area (Å²) < 4.78 is 40.3. The lowest BCUT2D eigenvalue weighted by molar-refractivity contribution is 0.0589. The van der Waals surface area contributed by atoms with Crippen LogP contribution >= 0.6 is 0 Å². The van der Waals surface area contributed by atoms with Crippen molar-refractivity contribution in [2.45, 2.75) is 33.0 Å². The highest BCUT2D eigenvalue weighted by Crippen LogP contribution is 2.45. The van der Waals surface area contributed by atoms with E-state index in [4.69, 9.17) is 33.2 Å². The molecular weight excluding hydrogens is 652 g/mol. The van der Waals surface area contributed by atoms with Gasteiger partial charge in [0.15, 0.2) is 29.6 Å². The Labute approximate surface area is 286 Å². The second-order valence-electron chi connectivity index (χ2n) is 11.6. The third kappa shape index (κ3) is 7.08. The number of carbonyl (C=O) groups excluding carboxylic acids is 2. The van der Waals surface area contributed by atoms with Crippen LogP contribution in [0.5, 0.6) is 28.7 Å². The summed E-state index contributed by atoms with van der Waals surface area (Å²) in [6.07, 6.45) is -0.657. The van der Waals surface area contributed by atoms with E-state index >= 15 is 0 Å². The Morgan fingerprint density at radius 2 is 1.48 bits per heavy atom. The number of methoxy groups -OCH3 is 5. The number of hydrogen-bond acceptors (Lipinski definition) is 13. The summed E-state index contributed by atoms with van der Waals surface area (Å²) in [6, 6.07) is 12.7. The quantitative estimate of drug-likeness (QED) is 0.178. The lowest BCUT2D eigenvalue weighted by Crippen LogP contribution is -2.27. The number of tetrazole rings is 1. The van der Waals surface area contributed by atoms with E-state index in [0.717, 1.165) is 0 Å². The molecule has 0 unspecified atom stereocenters.